The second-order valence-electron chi connectivity index (χ2n) is 9.63. The van der Waals surface area contributed by atoms with Crippen molar-refractivity contribution in [1.82, 2.24) is 0 Å². The van der Waals surface area contributed by atoms with E-state index in [1.165, 1.54) is 31.8 Å². The third-order valence-corrected chi connectivity index (χ3v) is 6.65. The molecule has 6 heteroatoms. The maximum atomic E-state index is 11.9. The van der Waals surface area contributed by atoms with Gasteiger partial charge >= 0.3 is 5.97 Å². The van der Waals surface area contributed by atoms with Crippen LogP contribution in [-0.4, -0.2) is 46.1 Å². The molecule has 0 radical (unpaired) electrons. The molecule has 1 aliphatic heterocycles. The van der Waals surface area contributed by atoms with Gasteiger partial charge in [-0.2, -0.15) is 0 Å². The zero-order valence-electron chi connectivity index (χ0n) is 22.7. The van der Waals surface area contributed by atoms with E-state index in [4.69, 9.17) is 23.7 Å². The number of methoxy groups -OCH3 is 1. The number of rotatable bonds is 16. The molecule has 3 aromatic carbocycles. The average Bonchev–Trinajstić information content (AvgIpc) is 2.95. The van der Waals surface area contributed by atoms with Crippen molar-refractivity contribution in [2.75, 3.05) is 40.1 Å². The molecular weight excluding hydrogens is 492 g/mol. The van der Waals surface area contributed by atoms with Gasteiger partial charge in [-0.3, -0.25) is 0 Å². The van der Waals surface area contributed by atoms with Crippen LogP contribution in [0.2, 0.25) is 0 Å². The molecular formula is C33H38O6. The second kappa shape index (κ2) is 15.6. The molecule has 6 nitrogen and oxygen atoms in total. The fourth-order valence-electron chi connectivity index (χ4n) is 4.25. The van der Waals surface area contributed by atoms with Gasteiger partial charge in [0.05, 0.1) is 26.9 Å². The van der Waals surface area contributed by atoms with E-state index < -0.39 is 5.97 Å². The fraction of sp³-hybridized carbons (Fsp3) is 0.364. The highest BCUT2D eigenvalue weighted by Gasteiger charge is 2.16. The van der Waals surface area contributed by atoms with Crippen LogP contribution in [0.15, 0.2) is 78.9 Å². The molecule has 39 heavy (non-hydrogen) atoms. The van der Waals surface area contributed by atoms with Gasteiger partial charge in [-0.05, 0) is 72.0 Å². The second-order valence-corrected chi connectivity index (χ2v) is 9.63. The summed E-state index contributed by atoms with van der Waals surface area (Å²) in [5.74, 6) is 2.79. The molecule has 0 N–H and O–H groups in total. The lowest BCUT2D eigenvalue weighted by atomic mass is 9.99. The summed E-state index contributed by atoms with van der Waals surface area (Å²) in [5, 5.41) is 0. The molecule has 0 aromatic heterocycles. The molecule has 0 unspecified atom stereocenters. The topological polar surface area (TPSA) is 63.2 Å². The summed E-state index contributed by atoms with van der Waals surface area (Å²) >= 11 is 0. The van der Waals surface area contributed by atoms with Crippen LogP contribution in [0.25, 0.3) is 17.2 Å². The van der Waals surface area contributed by atoms with Crippen molar-refractivity contribution in [2.45, 2.75) is 32.1 Å². The monoisotopic (exact) mass is 530 g/mol. The SMILES string of the molecule is COc1ccc(C=CC(=O)OCCOc2ccc(-c3ccc(OCCCCCCC4COC4)cc3)cc2)cc1. The van der Waals surface area contributed by atoms with E-state index in [1.807, 2.05) is 60.7 Å². The van der Waals surface area contributed by atoms with E-state index in [0.717, 1.165) is 66.1 Å². The first-order valence-corrected chi connectivity index (χ1v) is 13.7. The van der Waals surface area contributed by atoms with Gasteiger partial charge in [-0.25, -0.2) is 4.79 Å². The Bertz CT molecular complexity index is 1150. The quantitative estimate of drug-likeness (QED) is 0.113. The molecule has 0 amide bonds. The predicted molar refractivity (Wildman–Crippen MR) is 153 cm³/mol. The summed E-state index contributed by atoms with van der Waals surface area (Å²) in [4.78, 5) is 11.9. The highest BCUT2D eigenvalue weighted by atomic mass is 16.6. The highest BCUT2D eigenvalue weighted by molar-refractivity contribution is 5.87. The summed E-state index contributed by atoms with van der Waals surface area (Å²) < 4.78 is 27.2. The zero-order chi connectivity index (χ0) is 27.1. The van der Waals surface area contributed by atoms with E-state index in [9.17, 15) is 4.79 Å². The van der Waals surface area contributed by atoms with Gasteiger partial charge in [0.15, 0.2) is 0 Å². The van der Waals surface area contributed by atoms with Gasteiger partial charge in [0, 0.05) is 12.0 Å². The van der Waals surface area contributed by atoms with Crippen LogP contribution in [0.1, 0.15) is 37.7 Å². The van der Waals surface area contributed by atoms with E-state index >= 15 is 0 Å². The molecule has 1 heterocycles. The molecule has 1 fully saturated rings. The summed E-state index contributed by atoms with van der Waals surface area (Å²) in [6.07, 6.45) is 9.27. The average molecular weight is 531 g/mol. The molecule has 0 saturated carbocycles. The Morgan fingerprint density at radius 2 is 1.33 bits per heavy atom. The van der Waals surface area contributed by atoms with Crippen molar-refractivity contribution in [3.05, 3.63) is 84.4 Å². The first kappa shape index (κ1) is 28.2. The van der Waals surface area contributed by atoms with Gasteiger partial charge in [0.2, 0.25) is 0 Å². The Kier molecular flexibility index (Phi) is 11.3. The number of hydrogen-bond donors (Lipinski definition) is 0. The normalized spacial score (nSPS) is 13.2. The third-order valence-electron chi connectivity index (χ3n) is 6.65. The standard InChI is InChI=1S/C33H38O6/c1-35-30-14-7-26(8-15-30)9-20-33(34)39-23-22-38-32-18-12-29(13-19-32)28-10-16-31(17-11-28)37-21-5-3-2-4-6-27-24-36-25-27/h7-20,27H,2-6,21-25H2,1H3. The van der Waals surface area contributed by atoms with Gasteiger partial charge in [0.25, 0.3) is 0 Å². The molecule has 1 saturated heterocycles. The minimum absolute atomic E-state index is 0.172. The Morgan fingerprint density at radius 1 is 0.744 bits per heavy atom. The molecule has 206 valence electrons. The van der Waals surface area contributed by atoms with Crippen LogP contribution in [0, 0.1) is 5.92 Å². The largest absolute Gasteiger partial charge is 0.497 e. The lowest BCUT2D eigenvalue weighted by Crippen LogP contribution is -2.27. The number of hydrogen-bond acceptors (Lipinski definition) is 6. The number of benzene rings is 3. The minimum Gasteiger partial charge on any atom is -0.497 e. The molecule has 0 spiro atoms. The smallest absolute Gasteiger partial charge is 0.330 e. The lowest BCUT2D eigenvalue weighted by molar-refractivity contribution is -0.138. The zero-order valence-corrected chi connectivity index (χ0v) is 22.7. The molecule has 0 aliphatic carbocycles. The molecule has 1 aliphatic rings. The Hall–Kier alpha value is -3.77. The van der Waals surface area contributed by atoms with E-state index in [1.54, 1.807) is 13.2 Å². The molecule has 4 rings (SSSR count). The third kappa shape index (κ3) is 9.80. The summed E-state index contributed by atoms with van der Waals surface area (Å²) in [7, 11) is 1.62. The van der Waals surface area contributed by atoms with E-state index in [-0.39, 0.29) is 13.2 Å². The van der Waals surface area contributed by atoms with Crippen molar-refractivity contribution in [3.63, 3.8) is 0 Å². The minimum atomic E-state index is -0.410. The first-order chi connectivity index (χ1) is 19.2. The van der Waals surface area contributed by atoms with Crippen LogP contribution >= 0.6 is 0 Å². The maximum absolute atomic E-state index is 11.9. The molecule has 0 atom stereocenters. The highest BCUT2D eigenvalue weighted by Crippen LogP contribution is 2.25. The lowest BCUT2D eigenvalue weighted by Gasteiger charge is -2.25. The molecule has 0 bridgehead atoms. The van der Waals surface area contributed by atoms with Crippen LogP contribution in [0.5, 0.6) is 17.2 Å². The van der Waals surface area contributed by atoms with Crippen LogP contribution < -0.4 is 14.2 Å². The number of esters is 1. The van der Waals surface area contributed by atoms with E-state index in [2.05, 4.69) is 12.1 Å². The number of unbranched alkanes of at least 4 members (excludes halogenated alkanes) is 3. The summed E-state index contributed by atoms with van der Waals surface area (Å²) in [6.45, 7) is 3.13. The van der Waals surface area contributed by atoms with Crippen molar-refractivity contribution < 1.29 is 28.5 Å². The van der Waals surface area contributed by atoms with Gasteiger partial charge in [-0.15, -0.1) is 0 Å². The number of carbonyl (C=O) groups excluding carboxylic acids is 1. The van der Waals surface area contributed by atoms with Crippen molar-refractivity contribution in [3.8, 4) is 28.4 Å². The van der Waals surface area contributed by atoms with Gasteiger partial charge in [-0.1, -0.05) is 55.7 Å². The fourth-order valence-corrected chi connectivity index (χ4v) is 4.25. The van der Waals surface area contributed by atoms with Crippen LogP contribution in [0.3, 0.4) is 0 Å². The van der Waals surface area contributed by atoms with Crippen molar-refractivity contribution in [1.29, 1.82) is 0 Å². The summed E-state index contributed by atoms with van der Waals surface area (Å²) in [6, 6.07) is 23.5. The Morgan fingerprint density at radius 3 is 1.92 bits per heavy atom. The van der Waals surface area contributed by atoms with Crippen molar-refractivity contribution in [2.24, 2.45) is 5.92 Å². The van der Waals surface area contributed by atoms with Gasteiger partial charge < -0.3 is 23.7 Å². The van der Waals surface area contributed by atoms with Crippen LogP contribution in [0.4, 0.5) is 0 Å². The number of ether oxygens (including phenoxy) is 5. The Labute approximate surface area is 231 Å². The number of carbonyl (C=O) groups is 1. The van der Waals surface area contributed by atoms with E-state index in [0.29, 0.717) is 0 Å². The van der Waals surface area contributed by atoms with Crippen molar-refractivity contribution >= 4 is 12.0 Å². The maximum Gasteiger partial charge on any atom is 0.330 e. The van der Waals surface area contributed by atoms with Gasteiger partial charge in [0.1, 0.15) is 30.5 Å². The molecule has 3 aromatic rings. The predicted octanol–water partition coefficient (Wildman–Crippen LogP) is 6.97. The van der Waals surface area contributed by atoms with Crippen LogP contribution in [-0.2, 0) is 14.3 Å². The first-order valence-electron chi connectivity index (χ1n) is 13.7. The summed E-state index contributed by atoms with van der Waals surface area (Å²) in [5.41, 5.74) is 3.11. The Balaban J connectivity index is 1.09.